The minimum Gasteiger partial charge on any atom is -0.497 e. The lowest BCUT2D eigenvalue weighted by Gasteiger charge is -2.04. The summed E-state index contributed by atoms with van der Waals surface area (Å²) in [5.74, 6) is 1.32. The van der Waals surface area contributed by atoms with E-state index in [1.165, 1.54) is 6.07 Å². The van der Waals surface area contributed by atoms with E-state index >= 15 is 0 Å². The second-order valence-corrected chi connectivity index (χ2v) is 3.76. The summed E-state index contributed by atoms with van der Waals surface area (Å²) in [5, 5.41) is 0. The van der Waals surface area contributed by atoms with Crippen molar-refractivity contribution in [3.8, 4) is 5.75 Å². The zero-order chi connectivity index (χ0) is 10.1. The maximum Gasteiger partial charge on any atom is 0.127 e. The third kappa shape index (κ3) is 1.73. The van der Waals surface area contributed by atoms with Crippen LogP contribution < -0.4 is 10.5 Å². The van der Waals surface area contributed by atoms with E-state index in [4.69, 9.17) is 10.5 Å². The molecule has 2 atom stereocenters. The van der Waals surface area contributed by atoms with E-state index in [1.54, 1.807) is 13.2 Å². The molecule has 0 spiro atoms. The van der Waals surface area contributed by atoms with Gasteiger partial charge >= 0.3 is 0 Å². The number of ether oxygens (including phenoxy) is 1. The predicted molar refractivity (Wildman–Crippen MR) is 52.9 cm³/mol. The minimum atomic E-state index is -0.234. The summed E-state index contributed by atoms with van der Waals surface area (Å²) in [6.07, 6.45) is 1.07. The third-order valence-corrected chi connectivity index (χ3v) is 2.78. The van der Waals surface area contributed by atoms with Crippen molar-refractivity contribution < 1.29 is 9.13 Å². The quantitative estimate of drug-likeness (QED) is 0.799. The lowest BCUT2D eigenvalue weighted by Crippen LogP contribution is -2.02. The Hall–Kier alpha value is -1.09. The highest BCUT2D eigenvalue weighted by Crippen LogP contribution is 2.47. The van der Waals surface area contributed by atoms with Crippen LogP contribution in [0.25, 0.3) is 0 Å². The van der Waals surface area contributed by atoms with Gasteiger partial charge in [-0.25, -0.2) is 4.39 Å². The Kier molecular flexibility index (Phi) is 2.42. The fraction of sp³-hybridized carbons (Fsp3) is 0.455. The van der Waals surface area contributed by atoms with Crippen molar-refractivity contribution in [1.29, 1.82) is 0 Å². The Bertz CT molecular complexity index is 340. The van der Waals surface area contributed by atoms with Crippen LogP contribution in [0.15, 0.2) is 18.2 Å². The fourth-order valence-corrected chi connectivity index (χ4v) is 1.83. The molecule has 0 bridgehead atoms. The molecule has 3 heteroatoms. The number of benzene rings is 1. The fourth-order valence-electron chi connectivity index (χ4n) is 1.83. The number of hydrogen-bond donors (Lipinski definition) is 1. The Morgan fingerprint density at radius 1 is 1.50 bits per heavy atom. The van der Waals surface area contributed by atoms with Crippen molar-refractivity contribution in [3.05, 3.63) is 29.6 Å². The van der Waals surface area contributed by atoms with Gasteiger partial charge in [0.1, 0.15) is 11.6 Å². The van der Waals surface area contributed by atoms with Crippen LogP contribution in [0.1, 0.15) is 17.9 Å². The van der Waals surface area contributed by atoms with E-state index in [0.29, 0.717) is 24.1 Å². The van der Waals surface area contributed by atoms with E-state index < -0.39 is 0 Å². The lowest BCUT2D eigenvalue weighted by molar-refractivity contribution is 0.410. The van der Waals surface area contributed by atoms with Gasteiger partial charge in [0.15, 0.2) is 0 Å². The zero-order valence-electron chi connectivity index (χ0n) is 8.16. The van der Waals surface area contributed by atoms with Crippen LogP contribution in [-0.4, -0.2) is 13.7 Å². The van der Waals surface area contributed by atoms with E-state index in [2.05, 4.69) is 0 Å². The van der Waals surface area contributed by atoms with Gasteiger partial charge < -0.3 is 10.5 Å². The first-order valence-corrected chi connectivity index (χ1v) is 4.79. The third-order valence-electron chi connectivity index (χ3n) is 2.78. The molecule has 0 saturated heterocycles. The first kappa shape index (κ1) is 9.46. The number of rotatable bonds is 3. The van der Waals surface area contributed by atoms with Crippen LogP contribution in [0, 0.1) is 11.7 Å². The molecular weight excluding hydrogens is 181 g/mol. The van der Waals surface area contributed by atoms with Crippen LogP contribution in [0.2, 0.25) is 0 Å². The van der Waals surface area contributed by atoms with Crippen LogP contribution in [0.4, 0.5) is 4.39 Å². The van der Waals surface area contributed by atoms with Crippen LogP contribution in [0.5, 0.6) is 5.75 Å². The summed E-state index contributed by atoms with van der Waals surface area (Å²) in [6, 6.07) is 4.86. The van der Waals surface area contributed by atoms with Crippen molar-refractivity contribution >= 4 is 0 Å². The minimum absolute atomic E-state index is 0.234. The first-order valence-electron chi connectivity index (χ1n) is 4.79. The molecule has 0 aromatic heterocycles. The van der Waals surface area contributed by atoms with Gasteiger partial charge in [0.2, 0.25) is 0 Å². The van der Waals surface area contributed by atoms with E-state index in [1.807, 2.05) is 6.07 Å². The second kappa shape index (κ2) is 3.58. The Balaban J connectivity index is 2.22. The highest BCUT2D eigenvalue weighted by Gasteiger charge is 2.37. The number of nitrogens with two attached hydrogens (primary N) is 1. The smallest absolute Gasteiger partial charge is 0.127 e. The van der Waals surface area contributed by atoms with Crippen LogP contribution in [-0.2, 0) is 0 Å². The van der Waals surface area contributed by atoms with Gasteiger partial charge in [-0.1, -0.05) is 0 Å². The monoisotopic (exact) mass is 195 g/mol. The van der Waals surface area contributed by atoms with Crippen LogP contribution in [0.3, 0.4) is 0 Å². The predicted octanol–water partition coefficient (Wildman–Crippen LogP) is 1.90. The maximum absolute atomic E-state index is 13.1. The topological polar surface area (TPSA) is 35.2 Å². The maximum atomic E-state index is 13.1. The summed E-state index contributed by atoms with van der Waals surface area (Å²) < 4.78 is 18.1. The van der Waals surface area contributed by atoms with Crippen LogP contribution >= 0.6 is 0 Å². The zero-order valence-corrected chi connectivity index (χ0v) is 8.16. The van der Waals surface area contributed by atoms with Gasteiger partial charge in [-0.15, -0.1) is 0 Å². The van der Waals surface area contributed by atoms with Gasteiger partial charge in [-0.05, 0) is 42.5 Å². The summed E-state index contributed by atoms with van der Waals surface area (Å²) in [4.78, 5) is 0. The van der Waals surface area contributed by atoms with E-state index in [-0.39, 0.29) is 5.82 Å². The standard InChI is InChI=1S/C11H14FNO/c1-14-10-3-7(2-9(12)5-10)11-4-8(11)6-13/h2-3,5,8,11H,4,6,13H2,1H3. The number of hydrogen-bond acceptors (Lipinski definition) is 2. The molecule has 2 rings (SSSR count). The van der Waals surface area contributed by atoms with Crippen molar-refractivity contribution in [2.75, 3.05) is 13.7 Å². The molecule has 14 heavy (non-hydrogen) atoms. The normalized spacial score (nSPS) is 24.8. The molecule has 1 aromatic carbocycles. The Labute approximate surface area is 82.9 Å². The molecule has 2 nitrogen and oxygen atoms in total. The van der Waals surface area contributed by atoms with Gasteiger partial charge in [-0.2, -0.15) is 0 Å². The highest BCUT2D eigenvalue weighted by atomic mass is 19.1. The number of halogens is 1. The molecule has 2 unspecified atom stereocenters. The summed E-state index contributed by atoms with van der Waals surface area (Å²) in [7, 11) is 1.55. The molecule has 1 aliphatic rings. The molecule has 0 heterocycles. The molecule has 0 radical (unpaired) electrons. The average molecular weight is 195 g/mol. The average Bonchev–Trinajstić information content (AvgIpc) is 2.95. The summed E-state index contributed by atoms with van der Waals surface area (Å²) in [5.41, 5.74) is 6.56. The van der Waals surface area contributed by atoms with Gasteiger partial charge in [0.25, 0.3) is 0 Å². The second-order valence-electron chi connectivity index (χ2n) is 3.76. The molecule has 2 N–H and O–H groups in total. The largest absolute Gasteiger partial charge is 0.497 e. The van der Waals surface area contributed by atoms with Crippen molar-refractivity contribution in [3.63, 3.8) is 0 Å². The number of methoxy groups -OCH3 is 1. The molecule has 1 aromatic rings. The van der Waals surface area contributed by atoms with E-state index in [9.17, 15) is 4.39 Å². The van der Waals surface area contributed by atoms with Crippen molar-refractivity contribution in [2.45, 2.75) is 12.3 Å². The Morgan fingerprint density at radius 2 is 2.29 bits per heavy atom. The molecule has 0 aliphatic heterocycles. The van der Waals surface area contributed by atoms with E-state index in [0.717, 1.165) is 12.0 Å². The molecule has 1 fully saturated rings. The Morgan fingerprint density at radius 3 is 2.86 bits per heavy atom. The van der Waals surface area contributed by atoms with Crippen molar-refractivity contribution in [2.24, 2.45) is 11.7 Å². The van der Waals surface area contributed by atoms with Gasteiger partial charge in [-0.3, -0.25) is 0 Å². The van der Waals surface area contributed by atoms with Gasteiger partial charge in [0, 0.05) is 6.07 Å². The van der Waals surface area contributed by atoms with Gasteiger partial charge in [0.05, 0.1) is 7.11 Å². The lowest BCUT2D eigenvalue weighted by atomic mass is 10.1. The molecule has 1 aliphatic carbocycles. The summed E-state index contributed by atoms with van der Waals surface area (Å²) >= 11 is 0. The molecule has 0 amide bonds. The molecular formula is C11H14FNO. The molecule has 1 saturated carbocycles. The molecule has 76 valence electrons. The summed E-state index contributed by atoms with van der Waals surface area (Å²) in [6.45, 7) is 0.684. The highest BCUT2D eigenvalue weighted by molar-refractivity contribution is 5.34. The van der Waals surface area contributed by atoms with Crippen molar-refractivity contribution in [1.82, 2.24) is 0 Å². The SMILES string of the molecule is COc1cc(F)cc(C2CC2CN)c1. The first-order chi connectivity index (χ1) is 6.74.